The minimum atomic E-state index is -1.42. The molecule has 5 atom stereocenters. The number of carbonyl (C=O) groups excluding carboxylic acids is 1. The second-order valence-corrected chi connectivity index (χ2v) is 7.02. The number of nitrogens with one attached hydrogen (secondary N) is 1. The number of rotatable bonds is 4. The van der Waals surface area contributed by atoms with Gasteiger partial charge in [-0.15, -0.1) is 0 Å². The number of carbonyl (C=O) groups is 1. The fraction of sp³-hybridized carbons (Fsp3) is 0.350. The molecule has 2 aliphatic heterocycles. The normalized spacial score (nSPS) is 26.6. The SMILES string of the molecule is CC(=O)N[C@H]1[C@H](Oc2ccc3nc4ccc(=O)cc-4oc3c2)O[C@H](CO)[C@H](O)[C@@H]1O. The maximum Gasteiger partial charge on any atom is 0.223 e. The van der Waals surface area contributed by atoms with Gasteiger partial charge < -0.3 is 34.5 Å². The van der Waals surface area contributed by atoms with Gasteiger partial charge in [0.15, 0.2) is 16.8 Å². The summed E-state index contributed by atoms with van der Waals surface area (Å²) in [6, 6.07) is 7.98. The van der Waals surface area contributed by atoms with Crippen LogP contribution in [0.25, 0.3) is 22.6 Å². The van der Waals surface area contributed by atoms with Crippen LogP contribution in [0.1, 0.15) is 6.92 Å². The Morgan fingerprint density at radius 1 is 1.20 bits per heavy atom. The van der Waals surface area contributed by atoms with E-state index >= 15 is 0 Å². The maximum atomic E-state index is 11.6. The molecule has 0 aromatic heterocycles. The van der Waals surface area contributed by atoms with Crippen LogP contribution in [0.3, 0.4) is 0 Å². The summed E-state index contributed by atoms with van der Waals surface area (Å²) in [5.74, 6) is 0.130. The molecule has 4 N–H and O–H groups in total. The molecule has 3 aliphatic rings. The highest BCUT2D eigenvalue weighted by atomic mass is 16.7. The highest BCUT2D eigenvalue weighted by Crippen LogP contribution is 2.29. The van der Waals surface area contributed by atoms with E-state index in [0.717, 1.165) is 0 Å². The Morgan fingerprint density at radius 3 is 2.73 bits per heavy atom. The van der Waals surface area contributed by atoms with Gasteiger partial charge >= 0.3 is 0 Å². The second kappa shape index (κ2) is 8.00. The minimum Gasteiger partial charge on any atom is -0.462 e. The number of fused-ring (bicyclic) bond motifs is 2. The zero-order valence-corrected chi connectivity index (χ0v) is 15.9. The number of aliphatic hydroxyl groups is 3. The summed E-state index contributed by atoms with van der Waals surface area (Å²) in [7, 11) is 0. The van der Waals surface area contributed by atoms with E-state index < -0.39 is 43.2 Å². The van der Waals surface area contributed by atoms with Crippen molar-refractivity contribution in [3.63, 3.8) is 0 Å². The van der Waals surface area contributed by atoms with E-state index in [4.69, 9.17) is 13.9 Å². The van der Waals surface area contributed by atoms with Gasteiger partial charge in [-0.1, -0.05) is 0 Å². The predicted molar refractivity (Wildman–Crippen MR) is 103 cm³/mol. The number of hydrogen-bond acceptors (Lipinski definition) is 9. The summed E-state index contributed by atoms with van der Waals surface area (Å²) in [6.45, 7) is 0.704. The van der Waals surface area contributed by atoms with E-state index in [2.05, 4.69) is 10.3 Å². The molecule has 10 nitrogen and oxygen atoms in total. The molecule has 0 saturated carbocycles. The van der Waals surface area contributed by atoms with Gasteiger partial charge in [-0.3, -0.25) is 9.59 Å². The third-order valence-electron chi connectivity index (χ3n) is 4.83. The van der Waals surface area contributed by atoms with Crippen molar-refractivity contribution in [2.45, 2.75) is 37.6 Å². The summed E-state index contributed by atoms with van der Waals surface area (Å²) < 4.78 is 17.1. The molecule has 1 aromatic rings. The fourth-order valence-electron chi connectivity index (χ4n) is 3.36. The number of amides is 1. The molecule has 1 saturated heterocycles. The van der Waals surface area contributed by atoms with Crippen LogP contribution in [0.4, 0.5) is 0 Å². The number of aliphatic hydroxyl groups excluding tert-OH is 3. The first-order valence-corrected chi connectivity index (χ1v) is 9.26. The molecule has 0 radical (unpaired) electrons. The zero-order chi connectivity index (χ0) is 21.4. The molecule has 10 heteroatoms. The van der Waals surface area contributed by atoms with Crippen LogP contribution in [-0.4, -0.2) is 63.5 Å². The van der Waals surface area contributed by atoms with E-state index in [1.807, 2.05) is 0 Å². The fourth-order valence-corrected chi connectivity index (χ4v) is 3.36. The molecule has 158 valence electrons. The first-order chi connectivity index (χ1) is 14.4. The van der Waals surface area contributed by atoms with Gasteiger partial charge in [0.05, 0.1) is 6.61 Å². The number of nitrogens with zero attached hydrogens (tertiary/aromatic N) is 1. The molecule has 1 aliphatic carbocycles. The standard InChI is InChI=1S/C20H20N2O8/c1-9(24)21-17-19(27)18(26)16(8-23)30-20(17)28-11-3-5-13-15(7-11)29-14-6-10(25)2-4-12(14)22-13/h2-7,16-20,23,26-27H,8H2,1H3,(H,21,24)/t16-,17-,18+,19-,20-/m1/s1. The van der Waals surface area contributed by atoms with Gasteiger partial charge in [-0.05, 0) is 24.3 Å². The van der Waals surface area contributed by atoms with Gasteiger partial charge in [-0.25, -0.2) is 4.98 Å². The lowest BCUT2D eigenvalue weighted by molar-refractivity contribution is -0.244. The van der Waals surface area contributed by atoms with Gasteiger partial charge in [0.2, 0.25) is 12.2 Å². The first-order valence-electron chi connectivity index (χ1n) is 9.26. The van der Waals surface area contributed by atoms with Crippen LogP contribution in [0.15, 0.2) is 45.6 Å². The van der Waals surface area contributed by atoms with Crippen molar-refractivity contribution in [2.75, 3.05) is 6.61 Å². The van der Waals surface area contributed by atoms with Gasteiger partial charge in [0, 0.05) is 19.1 Å². The topological polar surface area (TPSA) is 151 Å². The van der Waals surface area contributed by atoms with Gasteiger partial charge in [0.1, 0.15) is 41.3 Å². The van der Waals surface area contributed by atoms with Crippen LogP contribution in [0.5, 0.6) is 5.75 Å². The minimum absolute atomic E-state index is 0.212. The molecule has 30 heavy (non-hydrogen) atoms. The highest BCUT2D eigenvalue weighted by molar-refractivity contribution is 5.77. The van der Waals surface area contributed by atoms with Gasteiger partial charge in [0.25, 0.3) is 0 Å². The van der Waals surface area contributed by atoms with Crippen LogP contribution in [0.2, 0.25) is 0 Å². The first kappa shape index (κ1) is 20.2. The molecule has 0 unspecified atom stereocenters. The van der Waals surface area contributed by atoms with Crippen LogP contribution >= 0.6 is 0 Å². The van der Waals surface area contributed by atoms with Crippen molar-refractivity contribution in [3.05, 3.63) is 46.6 Å². The molecule has 4 rings (SSSR count). The third kappa shape index (κ3) is 3.85. The molecule has 0 spiro atoms. The second-order valence-electron chi connectivity index (χ2n) is 7.02. The summed E-state index contributed by atoms with van der Waals surface area (Å²) >= 11 is 0. The van der Waals surface area contributed by atoms with Crippen molar-refractivity contribution in [2.24, 2.45) is 0 Å². The molecule has 1 fully saturated rings. The molecule has 1 amide bonds. The summed E-state index contributed by atoms with van der Waals surface area (Å²) in [4.78, 5) is 27.5. The smallest absolute Gasteiger partial charge is 0.223 e. The quantitative estimate of drug-likeness (QED) is 0.417. The van der Waals surface area contributed by atoms with Crippen LogP contribution in [-0.2, 0) is 9.53 Å². The Kier molecular flexibility index (Phi) is 5.39. The van der Waals surface area contributed by atoms with Crippen LogP contribution < -0.4 is 15.5 Å². The molecular weight excluding hydrogens is 396 g/mol. The lowest BCUT2D eigenvalue weighted by atomic mass is 9.97. The average molecular weight is 416 g/mol. The third-order valence-corrected chi connectivity index (χ3v) is 4.83. The van der Waals surface area contributed by atoms with E-state index in [1.54, 1.807) is 18.2 Å². The largest absolute Gasteiger partial charge is 0.462 e. The Hall–Kier alpha value is -3.05. The van der Waals surface area contributed by atoms with E-state index in [0.29, 0.717) is 22.6 Å². The number of aromatic nitrogens is 1. The van der Waals surface area contributed by atoms with Crippen molar-refractivity contribution < 1.29 is 34.0 Å². The molecular formula is C20H20N2O8. The van der Waals surface area contributed by atoms with Crippen LogP contribution in [0, 0.1) is 0 Å². The lowest BCUT2D eigenvalue weighted by Crippen LogP contribution is -2.65. The van der Waals surface area contributed by atoms with Crippen molar-refractivity contribution in [3.8, 4) is 17.2 Å². The summed E-state index contributed by atoms with van der Waals surface area (Å²) in [5.41, 5.74) is 1.19. The van der Waals surface area contributed by atoms with Crippen molar-refractivity contribution in [1.29, 1.82) is 0 Å². The maximum absolute atomic E-state index is 11.6. The molecule has 0 bridgehead atoms. The number of hydrogen-bond donors (Lipinski definition) is 4. The highest BCUT2D eigenvalue weighted by Gasteiger charge is 2.46. The van der Waals surface area contributed by atoms with Crippen molar-refractivity contribution in [1.82, 2.24) is 10.3 Å². The number of ether oxygens (including phenoxy) is 2. The Bertz CT molecular complexity index is 1100. The Morgan fingerprint density at radius 2 is 2.00 bits per heavy atom. The summed E-state index contributed by atoms with van der Waals surface area (Å²) in [5, 5.41) is 32.3. The monoisotopic (exact) mass is 416 g/mol. The summed E-state index contributed by atoms with van der Waals surface area (Å²) in [6.07, 6.45) is -5.11. The van der Waals surface area contributed by atoms with Crippen molar-refractivity contribution >= 4 is 17.0 Å². The van der Waals surface area contributed by atoms with E-state index in [-0.39, 0.29) is 11.2 Å². The Labute approximate surface area is 170 Å². The average Bonchev–Trinajstić information content (AvgIpc) is 2.71. The lowest BCUT2D eigenvalue weighted by Gasteiger charge is -2.42. The Balaban J connectivity index is 1.66. The van der Waals surface area contributed by atoms with Gasteiger partial charge in [-0.2, -0.15) is 0 Å². The van der Waals surface area contributed by atoms with E-state index in [9.17, 15) is 24.9 Å². The number of benzene rings is 2. The molecule has 2 heterocycles. The van der Waals surface area contributed by atoms with E-state index in [1.165, 1.54) is 25.1 Å². The zero-order valence-electron chi connectivity index (χ0n) is 15.9. The molecule has 1 aromatic carbocycles. The predicted octanol–water partition coefficient (Wildman–Crippen LogP) is -0.385.